The van der Waals surface area contributed by atoms with Gasteiger partial charge in [-0.25, -0.2) is 18.4 Å². The molecule has 3 aromatic carbocycles. The van der Waals surface area contributed by atoms with E-state index >= 15 is 0 Å². The number of carbonyl (C=O) groups excluding carboxylic acids is 4. The summed E-state index contributed by atoms with van der Waals surface area (Å²) >= 11 is 0. The van der Waals surface area contributed by atoms with E-state index in [1.165, 1.54) is 6.20 Å². The molecule has 4 amide bonds. The monoisotopic (exact) mass is 712 g/mol. The zero-order chi connectivity index (χ0) is 36.3. The van der Waals surface area contributed by atoms with E-state index in [0.29, 0.717) is 29.4 Å². The third-order valence-electron chi connectivity index (χ3n) is 8.68. The molecule has 1 saturated heterocycles. The van der Waals surface area contributed by atoms with Gasteiger partial charge < -0.3 is 14.8 Å². The van der Waals surface area contributed by atoms with Gasteiger partial charge in [-0.1, -0.05) is 44.2 Å². The van der Waals surface area contributed by atoms with E-state index in [4.69, 9.17) is 9.47 Å². The van der Waals surface area contributed by atoms with Crippen molar-refractivity contribution in [3.8, 4) is 11.5 Å². The molecule has 4 aromatic rings. The lowest BCUT2D eigenvalue weighted by molar-refractivity contribution is -0.136. The second-order valence-corrected chi connectivity index (χ2v) is 14.4. The van der Waals surface area contributed by atoms with E-state index in [1.807, 2.05) is 48.5 Å². The zero-order valence-corrected chi connectivity index (χ0v) is 29.0. The van der Waals surface area contributed by atoms with Gasteiger partial charge in [0.15, 0.2) is 0 Å². The summed E-state index contributed by atoms with van der Waals surface area (Å²) in [4.78, 5) is 59.4. The first-order valence-electron chi connectivity index (χ1n) is 16.1. The fourth-order valence-electron chi connectivity index (χ4n) is 5.97. The SMILES string of the molecule is CC(C)(c1ccc(OCCNc2cccc3c2C(=O)N(C2CCC(=O)NC2=O)C3=O)cc1)c1ccc(OCc2ccnc(NS(C)(=O)=O)n2)cc1. The summed E-state index contributed by atoms with van der Waals surface area (Å²) in [6.07, 6.45) is 2.64. The van der Waals surface area contributed by atoms with E-state index in [0.717, 1.165) is 22.3 Å². The number of ether oxygens (including phenoxy) is 2. The van der Waals surface area contributed by atoms with E-state index in [2.05, 4.69) is 39.2 Å². The fourth-order valence-corrected chi connectivity index (χ4v) is 6.40. The molecule has 14 nitrogen and oxygen atoms in total. The number of amides is 4. The fraction of sp³-hybridized carbons (Fsp3) is 0.278. The second-order valence-electron chi connectivity index (χ2n) is 12.7. The number of nitrogens with one attached hydrogen (secondary N) is 3. The van der Waals surface area contributed by atoms with Crippen molar-refractivity contribution in [2.45, 2.75) is 44.8 Å². The van der Waals surface area contributed by atoms with Crippen LogP contribution in [0.4, 0.5) is 11.6 Å². The predicted molar refractivity (Wildman–Crippen MR) is 187 cm³/mol. The van der Waals surface area contributed by atoms with Crippen LogP contribution in [0.25, 0.3) is 0 Å². The van der Waals surface area contributed by atoms with E-state index in [9.17, 15) is 27.6 Å². The van der Waals surface area contributed by atoms with Crippen LogP contribution in [-0.4, -0.2) is 72.4 Å². The molecule has 2 aliphatic heterocycles. The van der Waals surface area contributed by atoms with Crippen LogP contribution in [0.5, 0.6) is 11.5 Å². The molecule has 1 atom stereocenters. The Morgan fingerprint density at radius 3 is 2.22 bits per heavy atom. The maximum absolute atomic E-state index is 13.3. The lowest BCUT2D eigenvalue weighted by Crippen LogP contribution is -2.54. The Labute approximate surface area is 294 Å². The Hall–Kier alpha value is -5.83. The standard InChI is InChI=1S/C36H36N6O8S/c1-36(2,23-9-13-26(14-10-23)50-21-24-17-18-38-35(39-24)41-51(3,47)48)22-7-11-25(12-8-22)49-20-19-37-28-6-4-5-27-31(28)34(46)42(33(27)45)29-15-16-30(43)40-32(29)44/h4-14,17-18,29,37H,15-16,19-21H2,1-3H3,(H,38,39,41)(H,40,43,44). The molecule has 0 aliphatic carbocycles. The van der Waals surface area contributed by atoms with Gasteiger partial charge in [0.05, 0.1) is 23.1 Å². The van der Waals surface area contributed by atoms with Crippen molar-refractivity contribution in [1.82, 2.24) is 20.2 Å². The van der Waals surface area contributed by atoms with Crippen molar-refractivity contribution in [3.05, 3.63) is 107 Å². The molecular weight excluding hydrogens is 676 g/mol. The van der Waals surface area contributed by atoms with Gasteiger partial charge in [-0.05, 0) is 60.0 Å². The van der Waals surface area contributed by atoms with Crippen LogP contribution in [0, 0.1) is 0 Å². The number of piperidine rings is 1. The number of imide groups is 2. The molecule has 0 spiro atoms. The van der Waals surface area contributed by atoms with Gasteiger partial charge in [-0.3, -0.25) is 34.1 Å². The van der Waals surface area contributed by atoms with Gasteiger partial charge in [0.25, 0.3) is 11.8 Å². The molecule has 1 fully saturated rings. The molecule has 15 heteroatoms. The summed E-state index contributed by atoms with van der Waals surface area (Å²) in [6.45, 7) is 4.98. The third kappa shape index (κ3) is 7.83. The molecule has 6 rings (SSSR count). The number of hydrogen-bond donors (Lipinski definition) is 3. The van der Waals surface area contributed by atoms with Crippen molar-refractivity contribution in [2.75, 3.05) is 29.4 Å². The Morgan fingerprint density at radius 1 is 0.902 bits per heavy atom. The summed E-state index contributed by atoms with van der Waals surface area (Å²) in [5, 5.41) is 5.38. The molecule has 3 heterocycles. The van der Waals surface area contributed by atoms with Crippen LogP contribution in [-0.2, 0) is 31.6 Å². The number of rotatable bonds is 13. The zero-order valence-electron chi connectivity index (χ0n) is 28.1. The van der Waals surface area contributed by atoms with Crippen LogP contribution in [0.2, 0.25) is 0 Å². The molecule has 51 heavy (non-hydrogen) atoms. The normalized spacial score (nSPS) is 16.1. The van der Waals surface area contributed by atoms with Crippen LogP contribution >= 0.6 is 0 Å². The first-order valence-corrected chi connectivity index (χ1v) is 18.0. The average Bonchev–Trinajstić information content (AvgIpc) is 3.35. The van der Waals surface area contributed by atoms with Gasteiger partial charge in [0.1, 0.15) is 30.8 Å². The molecular formula is C36H36N6O8S. The summed E-state index contributed by atoms with van der Waals surface area (Å²) in [6, 6.07) is 21.0. The number of benzene rings is 3. The lowest BCUT2D eigenvalue weighted by atomic mass is 9.78. The van der Waals surface area contributed by atoms with Gasteiger partial charge in [0, 0.05) is 30.3 Å². The van der Waals surface area contributed by atoms with Crippen LogP contribution in [0.1, 0.15) is 64.2 Å². The summed E-state index contributed by atoms with van der Waals surface area (Å²) in [5.74, 6) is -0.934. The van der Waals surface area contributed by atoms with E-state index in [1.54, 1.807) is 24.3 Å². The smallest absolute Gasteiger partial charge is 0.264 e. The Morgan fingerprint density at radius 2 is 1.57 bits per heavy atom. The van der Waals surface area contributed by atoms with Crippen LogP contribution in [0.15, 0.2) is 79.0 Å². The molecule has 3 N–H and O–H groups in total. The van der Waals surface area contributed by atoms with Gasteiger partial charge in [-0.2, -0.15) is 0 Å². The molecule has 0 saturated carbocycles. The minimum Gasteiger partial charge on any atom is -0.492 e. The first-order chi connectivity index (χ1) is 24.3. The molecule has 2 aliphatic rings. The Balaban J connectivity index is 1.01. The molecule has 1 aromatic heterocycles. The van der Waals surface area contributed by atoms with Gasteiger partial charge >= 0.3 is 0 Å². The maximum Gasteiger partial charge on any atom is 0.264 e. The lowest BCUT2D eigenvalue weighted by Gasteiger charge is -2.27. The minimum atomic E-state index is -3.49. The highest BCUT2D eigenvalue weighted by molar-refractivity contribution is 7.92. The number of aromatic nitrogens is 2. The number of fused-ring (bicyclic) bond motifs is 1. The summed E-state index contributed by atoms with van der Waals surface area (Å²) in [5.41, 5.74) is 3.18. The van der Waals surface area contributed by atoms with Crippen molar-refractivity contribution in [2.24, 2.45) is 0 Å². The number of sulfonamides is 1. The predicted octanol–water partition coefficient (Wildman–Crippen LogP) is 3.65. The highest BCUT2D eigenvalue weighted by Crippen LogP contribution is 2.34. The third-order valence-corrected chi connectivity index (χ3v) is 9.24. The second kappa shape index (κ2) is 14.2. The van der Waals surface area contributed by atoms with Gasteiger partial charge in [0.2, 0.25) is 27.8 Å². The van der Waals surface area contributed by atoms with Crippen molar-refractivity contribution < 1.29 is 37.1 Å². The van der Waals surface area contributed by atoms with Gasteiger partial charge in [-0.15, -0.1) is 0 Å². The van der Waals surface area contributed by atoms with E-state index < -0.39 is 39.7 Å². The van der Waals surface area contributed by atoms with Crippen molar-refractivity contribution >= 4 is 45.3 Å². The topological polar surface area (TPSA) is 186 Å². The minimum absolute atomic E-state index is 0.0168. The van der Waals surface area contributed by atoms with Crippen molar-refractivity contribution in [3.63, 3.8) is 0 Å². The highest BCUT2D eigenvalue weighted by atomic mass is 32.2. The van der Waals surface area contributed by atoms with Crippen LogP contribution < -0.4 is 24.8 Å². The maximum atomic E-state index is 13.3. The first kappa shape index (κ1) is 35.0. The Kier molecular flexibility index (Phi) is 9.74. The summed E-state index contributed by atoms with van der Waals surface area (Å²) in [7, 11) is -3.49. The Bertz CT molecular complexity index is 2100. The summed E-state index contributed by atoms with van der Waals surface area (Å²) < 4.78 is 37.0. The molecule has 0 radical (unpaired) electrons. The quantitative estimate of drug-likeness (QED) is 0.136. The number of nitrogens with zero attached hydrogens (tertiary/aromatic N) is 3. The molecule has 0 bridgehead atoms. The number of anilines is 2. The number of hydrogen-bond acceptors (Lipinski definition) is 11. The average molecular weight is 713 g/mol. The molecule has 264 valence electrons. The highest BCUT2D eigenvalue weighted by Gasteiger charge is 2.45. The largest absolute Gasteiger partial charge is 0.492 e. The van der Waals surface area contributed by atoms with E-state index in [-0.39, 0.29) is 48.5 Å². The van der Waals surface area contributed by atoms with Crippen molar-refractivity contribution in [1.29, 1.82) is 0 Å². The van der Waals surface area contributed by atoms with Crippen LogP contribution in [0.3, 0.4) is 0 Å². The number of carbonyl (C=O) groups is 4. The molecule has 1 unspecified atom stereocenters.